The average Bonchev–Trinajstić information content (AvgIpc) is 2.42. The molecule has 2 aromatic rings. The molecular formula is C13H7F2NO4S. The number of carboxylic acid groups (broad SMARTS) is 1. The molecule has 0 bridgehead atoms. The number of para-hydroxylation sites is 1. The summed E-state index contributed by atoms with van der Waals surface area (Å²) in [5, 5.41) is 20.0. The third-order valence-electron chi connectivity index (χ3n) is 2.53. The number of rotatable bonds is 4. The molecule has 2 aromatic carbocycles. The van der Waals surface area contributed by atoms with E-state index in [4.69, 9.17) is 5.11 Å². The van der Waals surface area contributed by atoms with Gasteiger partial charge in [-0.15, -0.1) is 0 Å². The Hall–Kier alpha value is -2.48. The first kappa shape index (κ1) is 14.9. The van der Waals surface area contributed by atoms with Crippen molar-refractivity contribution in [3.8, 4) is 0 Å². The van der Waals surface area contributed by atoms with Crippen LogP contribution in [0.3, 0.4) is 0 Å². The molecule has 0 atom stereocenters. The van der Waals surface area contributed by atoms with E-state index in [-0.39, 0.29) is 9.79 Å². The zero-order chi connectivity index (χ0) is 15.6. The third-order valence-corrected chi connectivity index (χ3v) is 3.57. The number of nitrogens with zero attached hydrogens (tertiary/aromatic N) is 1. The van der Waals surface area contributed by atoms with Gasteiger partial charge in [-0.05, 0) is 30.3 Å². The van der Waals surface area contributed by atoms with Crippen molar-refractivity contribution in [2.24, 2.45) is 0 Å². The van der Waals surface area contributed by atoms with E-state index in [1.54, 1.807) is 0 Å². The van der Waals surface area contributed by atoms with Gasteiger partial charge in [-0.1, -0.05) is 17.8 Å². The lowest BCUT2D eigenvalue weighted by Gasteiger charge is -2.05. The van der Waals surface area contributed by atoms with Crippen LogP contribution in [0.15, 0.2) is 46.2 Å². The van der Waals surface area contributed by atoms with Gasteiger partial charge in [0.1, 0.15) is 5.56 Å². The Kier molecular flexibility index (Phi) is 4.18. The Bertz CT molecular complexity index is 736. The lowest BCUT2D eigenvalue weighted by molar-refractivity contribution is -0.388. The molecular weight excluding hydrogens is 304 g/mol. The lowest BCUT2D eigenvalue weighted by atomic mass is 10.2. The van der Waals surface area contributed by atoms with Gasteiger partial charge in [0.05, 0.1) is 9.82 Å². The monoisotopic (exact) mass is 311 g/mol. The van der Waals surface area contributed by atoms with E-state index < -0.39 is 33.8 Å². The number of halogens is 2. The first-order valence-corrected chi connectivity index (χ1v) is 6.35. The van der Waals surface area contributed by atoms with Crippen LogP contribution in [0.1, 0.15) is 10.4 Å². The fourth-order valence-electron chi connectivity index (χ4n) is 1.63. The van der Waals surface area contributed by atoms with Crippen molar-refractivity contribution < 1.29 is 23.6 Å². The quantitative estimate of drug-likeness (QED) is 0.687. The summed E-state index contributed by atoms with van der Waals surface area (Å²) >= 11 is 0.785. The highest BCUT2D eigenvalue weighted by molar-refractivity contribution is 7.99. The predicted molar refractivity (Wildman–Crippen MR) is 70.5 cm³/mol. The molecule has 0 amide bonds. The van der Waals surface area contributed by atoms with E-state index in [0.717, 1.165) is 30.0 Å². The second-order valence-corrected chi connectivity index (χ2v) is 5.01. The molecule has 5 nitrogen and oxygen atoms in total. The summed E-state index contributed by atoms with van der Waals surface area (Å²) in [6, 6.07) is 6.83. The summed E-state index contributed by atoms with van der Waals surface area (Å²) in [5.74, 6) is -3.56. The van der Waals surface area contributed by atoms with Crippen LogP contribution in [0.2, 0.25) is 0 Å². The highest BCUT2D eigenvalue weighted by Gasteiger charge is 2.24. The summed E-state index contributed by atoms with van der Waals surface area (Å²) in [7, 11) is 0. The highest BCUT2D eigenvalue weighted by Crippen LogP contribution is 2.37. The van der Waals surface area contributed by atoms with Crippen molar-refractivity contribution in [2.45, 2.75) is 9.79 Å². The van der Waals surface area contributed by atoms with Crippen LogP contribution in [-0.2, 0) is 0 Å². The predicted octanol–water partition coefficient (Wildman–Crippen LogP) is 3.72. The van der Waals surface area contributed by atoms with Crippen LogP contribution in [-0.4, -0.2) is 16.0 Å². The molecule has 108 valence electrons. The molecule has 0 aliphatic rings. The highest BCUT2D eigenvalue weighted by atomic mass is 32.2. The van der Waals surface area contributed by atoms with Crippen LogP contribution < -0.4 is 0 Å². The Morgan fingerprint density at radius 3 is 2.48 bits per heavy atom. The van der Waals surface area contributed by atoms with Crippen molar-refractivity contribution in [3.05, 3.63) is 63.7 Å². The second kappa shape index (κ2) is 5.88. The van der Waals surface area contributed by atoms with Crippen molar-refractivity contribution >= 4 is 23.4 Å². The zero-order valence-electron chi connectivity index (χ0n) is 10.2. The summed E-state index contributed by atoms with van der Waals surface area (Å²) in [6.07, 6.45) is 0. The van der Waals surface area contributed by atoms with Gasteiger partial charge < -0.3 is 5.11 Å². The van der Waals surface area contributed by atoms with E-state index in [0.29, 0.717) is 0 Å². The third kappa shape index (κ3) is 3.16. The van der Waals surface area contributed by atoms with Gasteiger partial charge in [0.15, 0.2) is 11.6 Å². The van der Waals surface area contributed by atoms with Crippen molar-refractivity contribution in [3.63, 3.8) is 0 Å². The van der Waals surface area contributed by atoms with Crippen LogP contribution in [0, 0.1) is 21.7 Å². The number of benzene rings is 2. The maximum Gasteiger partial charge on any atom is 0.342 e. The van der Waals surface area contributed by atoms with Crippen molar-refractivity contribution in [1.29, 1.82) is 0 Å². The van der Waals surface area contributed by atoms with Gasteiger partial charge in [-0.25, -0.2) is 13.6 Å². The van der Waals surface area contributed by atoms with Gasteiger partial charge in [0.25, 0.3) is 5.69 Å². The summed E-state index contributed by atoms with van der Waals surface area (Å²) in [5.41, 5.74) is -1.05. The summed E-state index contributed by atoms with van der Waals surface area (Å²) < 4.78 is 26.0. The maximum absolute atomic E-state index is 13.1. The Balaban J connectivity index is 2.48. The fraction of sp³-hybridized carbons (Fsp3) is 0. The zero-order valence-corrected chi connectivity index (χ0v) is 11.1. The van der Waals surface area contributed by atoms with Gasteiger partial charge in [0, 0.05) is 4.90 Å². The molecule has 0 aromatic heterocycles. The van der Waals surface area contributed by atoms with Gasteiger partial charge in [0.2, 0.25) is 0 Å². The van der Waals surface area contributed by atoms with Gasteiger partial charge in [-0.3, -0.25) is 10.1 Å². The summed E-state index contributed by atoms with van der Waals surface area (Å²) in [6.45, 7) is 0. The number of hydrogen-bond acceptors (Lipinski definition) is 4. The van der Waals surface area contributed by atoms with E-state index in [1.165, 1.54) is 18.2 Å². The first-order chi connectivity index (χ1) is 9.90. The minimum absolute atomic E-state index is 0.0332. The molecule has 1 N–H and O–H groups in total. The lowest BCUT2D eigenvalue weighted by Crippen LogP contribution is -2.03. The normalized spacial score (nSPS) is 10.4. The number of carbonyl (C=O) groups is 1. The topological polar surface area (TPSA) is 80.4 Å². The van der Waals surface area contributed by atoms with Crippen LogP contribution in [0.5, 0.6) is 0 Å². The van der Waals surface area contributed by atoms with Gasteiger partial charge in [-0.2, -0.15) is 0 Å². The molecule has 0 radical (unpaired) electrons. The molecule has 0 spiro atoms. The standard InChI is InChI=1S/C13H7F2NO4S/c14-9-5-4-7(6-10(9)15)21-11-3-1-2-8(13(17)18)12(11)16(19)20/h1-6H,(H,17,18). The number of hydrogen-bond donors (Lipinski definition) is 1. The van der Waals surface area contributed by atoms with Crippen molar-refractivity contribution in [1.82, 2.24) is 0 Å². The molecule has 0 saturated carbocycles. The molecule has 0 heterocycles. The molecule has 8 heteroatoms. The number of aromatic carboxylic acids is 1. The van der Waals surface area contributed by atoms with Crippen LogP contribution >= 0.6 is 11.8 Å². The van der Waals surface area contributed by atoms with E-state index >= 15 is 0 Å². The molecule has 0 aliphatic heterocycles. The van der Waals surface area contributed by atoms with E-state index in [9.17, 15) is 23.7 Å². The smallest absolute Gasteiger partial charge is 0.342 e. The largest absolute Gasteiger partial charge is 0.477 e. The SMILES string of the molecule is O=C(O)c1cccc(Sc2ccc(F)c(F)c2)c1[N+](=O)[O-]. The van der Waals surface area contributed by atoms with E-state index in [2.05, 4.69) is 0 Å². The average molecular weight is 311 g/mol. The van der Waals surface area contributed by atoms with Gasteiger partial charge >= 0.3 is 5.97 Å². The number of nitro groups is 1. The first-order valence-electron chi connectivity index (χ1n) is 5.53. The minimum Gasteiger partial charge on any atom is -0.477 e. The Labute approximate surface area is 121 Å². The molecule has 2 rings (SSSR count). The minimum atomic E-state index is -1.44. The fourth-order valence-corrected chi connectivity index (χ4v) is 2.61. The molecule has 0 unspecified atom stereocenters. The molecule has 0 fully saturated rings. The second-order valence-electron chi connectivity index (χ2n) is 3.89. The molecule has 21 heavy (non-hydrogen) atoms. The maximum atomic E-state index is 13.1. The van der Waals surface area contributed by atoms with E-state index in [1.807, 2.05) is 0 Å². The number of nitro benzene ring substituents is 1. The van der Waals surface area contributed by atoms with Crippen molar-refractivity contribution in [2.75, 3.05) is 0 Å². The number of carboxylic acids is 1. The molecule has 0 saturated heterocycles. The Morgan fingerprint density at radius 2 is 1.90 bits per heavy atom. The summed E-state index contributed by atoms with van der Waals surface area (Å²) in [4.78, 5) is 21.5. The Morgan fingerprint density at radius 1 is 1.19 bits per heavy atom. The molecule has 0 aliphatic carbocycles. The van der Waals surface area contributed by atoms with Crippen LogP contribution in [0.4, 0.5) is 14.5 Å². The van der Waals surface area contributed by atoms with Crippen LogP contribution in [0.25, 0.3) is 0 Å².